The molecule has 94 valence electrons. The van der Waals surface area contributed by atoms with Crippen molar-refractivity contribution in [3.63, 3.8) is 0 Å². The third-order valence-corrected chi connectivity index (χ3v) is 5.70. The molecular weight excluding hydrogens is 212 g/mol. The van der Waals surface area contributed by atoms with E-state index < -0.39 is 5.97 Å². The van der Waals surface area contributed by atoms with Crippen molar-refractivity contribution in [2.24, 2.45) is 35.5 Å². The summed E-state index contributed by atoms with van der Waals surface area (Å²) < 4.78 is 0. The van der Waals surface area contributed by atoms with Gasteiger partial charge in [-0.05, 0) is 67.6 Å². The average molecular weight is 234 g/mol. The van der Waals surface area contributed by atoms with Gasteiger partial charge in [0.15, 0.2) is 0 Å². The molecule has 4 fully saturated rings. The van der Waals surface area contributed by atoms with Gasteiger partial charge in [-0.2, -0.15) is 0 Å². The highest BCUT2D eigenvalue weighted by Crippen LogP contribution is 2.58. The zero-order chi connectivity index (χ0) is 12.2. The maximum Gasteiger partial charge on any atom is 0.331 e. The number of carbonyl (C=O) groups is 1. The fourth-order valence-corrected chi connectivity index (χ4v) is 5.21. The molecule has 4 bridgehead atoms. The zero-order valence-corrected chi connectivity index (χ0v) is 10.6. The van der Waals surface area contributed by atoms with E-state index in [0.717, 1.165) is 23.7 Å². The molecule has 4 aliphatic carbocycles. The van der Waals surface area contributed by atoms with Crippen LogP contribution in [0.15, 0.2) is 12.2 Å². The summed E-state index contributed by atoms with van der Waals surface area (Å²) >= 11 is 0. The predicted octanol–water partition coefficient (Wildman–Crippen LogP) is 3.34. The second kappa shape index (κ2) is 3.86. The number of hydrogen-bond acceptors (Lipinski definition) is 1. The normalized spacial score (nSPS) is 44.6. The van der Waals surface area contributed by atoms with E-state index in [1.54, 1.807) is 0 Å². The Morgan fingerprint density at radius 2 is 1.59 bits per heavy atom. The Morgan fingerprint density at radius 3 is 2.00 bits per heavy atom. The van der Waals surface area contributed by atoms with Crippen molar-refractivity contribution in [2.75, 3.05) is 0 Å². The maximum atomic E-state index is 11.1. The Kier molecular flexibility index (Phi) is 2.57. The van der Waals surface area contributed by atoms with Crippen LogP contribution in [0.25, 0.3) is 0 Å². The standard InChI is InChI=1S/C15H22O2/c1-8(9(2)15(16)17)14-12-4-10-3-11(6-12)7-13(14)5-10/h8,10-14H,2-7H2,1H3,(H,16,17). The van der Waals surface area contributed by atoms with E-state index in [1.807, 2.05) is 0 Å². The van der Waals surface area contributed by atoms with Crippen molar-refractivity contribution < 1.29 is 9.90 Å². The van der Waals surface area contributed by atoms with Crippen LogP contribution < -0.4 is 0 Å². The van der Waals surface area contributed by atoms with Crippen LogP contribution in [0.5, 0.6) is 0 Å². The van der Waals surface area contributed by atoms with Gasteiger partial charge in [-0.1, -0.05) is 13.5 Å². The van der Waals surface area contributed by atoms with Gasteiger partial charge in [0, 0.05) is 5.57 Å². The van der Waals surface area contributed by atoms with Crippen LogP contribution in [0, 0.1) is 35.5 Å². The number of hydrogen-bond donors (Lipinski definition) is 1. The number of rotatable bonds is 3. The summed E-state index contributed by atoms with van der Waals surface area (Å²) in [6.45, 7) is 5.87. The van der Waals surface area contributed by atoms with Crippen molar-refractivity contribution in [1.82, 2.24) is 0 Å². The molecule has 1 N–H and O–H groups in total. The highest BCUT2D eigenvalue weighted by Gasteiger charge is 2.50. The molecule has 0 aromatic rings. The lowest BCUT2D eigenvalue weighted by Gasteiger charge is -2.56. The van der Waals surface area contributed by atoms with E-state index in [0.29, 0.717) is 11.5 Å². The zero-order valence-electron chi connectivity index (χ0n) is 10.6. The first kappa shape index (κ1) is 11.3. The van der Waals surface area contributed by atoms with Gasteiger partial charge in [0.05, 0.1) is 0 Å². The molecule has 0 aromatic heterocycles. The Hall–Kier alpha value is -0.790. The molecule has 0 aliphatic heterocycles. The lowest BCUT2D eigenvalue weighted by Crippen LogP contribution is -2.47. The predicted molar refractivity (Wildman–Crippen MR) is 66.5 cm³/mol. The number of carboxylic acids is 1. The van der Waals surface area contributed by atoms with E-state index in [-0.39, 0.29) is 5.92 Å². The van der Waals surface area contributed by atoms with E-state index >= 15 is 0 Å². The monoisotopic (exact) mass is 234 g/mol. The molecule has 0 radical (unpaired) electrons. The summed E-state index contributed by atoms with van der Waals surface area (Å²) in [5.41, 5.74) is 0.433. The van der Waals surface area contributed by atoms with Crippen LogP contribution in [-0.2, 0) is 4.79 Å². The van der Waals surface area contributed by atoms with E-state index in [9.17, 15) is 4.79 Å². The maximum absolute atomic E-state index is 11.1. The minimum Gasteiger partial charge on any atom is -0.478 e. The first-order chi connectivity index (χ1) is 8.06. The second-order valence-corrected chi connectivity index (χ2v) is 6.63. The van der Waals surface area contributed by atoms with Crippen LogP contribution in [0.4, 0.5) is 0 Å². The van der Waals surface area contributed by atoms with Crippen LogP contribution in [0.2, 0.25) is 0 Å². The minimum absolute atomic E-state index is 0.169. The van der Waals surface area contributed by atoms with E-state index in [4.69, 9.17) is 5.11 Å². The summed E-state index contributed by atoms with van der Waals surface area (Å²) in [5.74, 6) is 3.47. The van der Waals surface area contributed by atoms with Crippen LogP contribution >= 0.6 is 0 Å². The highest BCUT2D eigenvalue weighted by molar-refractivity contribution is 5.86. The summed E-state index contributed by atoms with van der Waals surface area (Å²) in [5, 5.41) is 9.11. The molecule has 0 spiro atoms. The molecule has 2 nitrogen and oxygen atoms in total. The van der Waals surface area contributed by atoms with E-state index in [1.165, 1.54) is 32.1 Å². The Bertz CT molecular complexity index is 330. The van der Waals surface area contributed by atoms with Gasteiger partial charge in [-0.3, -0.25) is 0 Å². The van der Waals surface area contributed by atoms with E-state index in [2.05, 4.69) is 13.5 Å². The first-order valence-electron chi connectivity index (χ1n) is 6.98. The molecule has 4 saturated carbocycles. The highest BCUT2D eigenvalue weighted by atomic mass is 16.4. The molecule has 0 amide bonds. The molecule has 2 heteroatoms. The van der Waals surface area contributed by atoms with Gasteiger partial charge in [0.2, 0.25) is 0 Å². The van der Waals surface area contributed by atoms with Crippen molar-refractivity contribution in [2.45, 2.75) is 39.0 Å². The molecule has 17 heavy (non-hydrogen) atoms. The molecule has 0 heterocycles. The number of carboxylic acid groups (broad SMARTS) is 1. The Labute approximate surface area is 103 Å². The summed E-state index contributed by atoms with van der Waals surface area (Å²) in [4.78, 5) is 11.1. The van der Waals surface area contributed by atoms with Crippen molar-refractivity contribution >= 4 is 5.97 Å². The third kappa shape index (κ3) is 1.73. The minimum atomic E-state index is -0.800. The molecule has 4 aliphatic rings. The van der Waals surface area contributed by atoms with Crippen molar-refractivity contribution in [3.05, 3.63) is 12.2 Å². The first-order valence-corrected chi connectivity index (χ1v) is 6.98. The fourth-order valence-electron chi connectivity index (χ4n) is 5.21. The lowest BCUT2D eigenvalue weighted by atomic mass is 9.49. The summed E-state index contributed by atoms with van der Waals surface area (Å²) in [6.07, 6.45) is 6.88. The van der Waals surface area contributed by atoms with Crippen LogP contribution in [0.1, 0.15) is 39.0 Å². The SMILES string of the molecule is C=C(C(=O)O)C(C)C1C2CC3CC(C2)CC1C3. The molecule has 1 atom stereocenters. The quantitative estimate of drug-likeness (QED) is 0.760. The van der Waals surface area contributed by atoms with Crippen LogP contribution in [0.3, 0.4) is 0 Å². The molecule has 1 unspecified atom stereocenters. The fraction of sp³-hybridized carbons (Fsp3) is 0.800. The Morgan fingerprint density at radius 1 is 1.12 bits per heavy atom. The Balaban J connectivity index is 1.80. The van der Waals surface area contributed by atoms with Gasteiger partial charge in [-0.15, -0.1) is 0 Å². The number of aliphatic carboxylic acids is 1. The van der Waals surface area contributed by atoms with Crippen LogP contribution in [-0.4, -0.2) is 11.1 Å². The molecule has 0 saturated heterocycles. The summed E-state index contributed by atoms with van der Waals surface area (Å²) in [6, 6.07) is 0. The van der Waals surface area contributed by atoms with Crippen molar-refractivity contribution in [3.8, 4) is 0 Å². The summed E-state index contributed by atoms with van der Waals surface area (Å²) in [7, 11) is 0. The lowest BCUT2D eigenvalue weighted by molar-refractivity contribution is -0.134. The van der Waals surface area contributed by atoms with Gasteiger partial charge in [0.1, 0.15) is 0 Å². The average Bonchev–Trinajstić information content (AvgIpc) is 2.26. The van der Waals surface area contributed by atoms with Gasteiger partial charge < -0.3 is 5.11 Å². The molecule has 4 rings (SSSR count). The van der Waals surface area contributed by atoms with Gasteiger partial charge in [0.25, 0.3) is 0 Å². The molecule has 0 aromatic carbocycles. The third-order valence-electron chi connectivity index (χ3n) is 5.70. The smallest absolute Gasteiger partial charge is 0.331 e. The van der Waals surface area contributed by atoms with Gasteiger partial charge >= 0.3 is 5.97 Å². The van der Waals surface area contributed by atoms with Crippen molar-refractivity contribution in [1.29, 1.82) is 0 Å². The topological polar surface area (TPSA) is 37.3 Å². The molecular formula is C15H22O2. The van der Waals surface area contributed by atoms with Gasteiger partial charge in [-0.25, -0.2) is 4.79 Å². The second-order valence-electron chi connectivity index (χ2n) is 6.63. The largest absolute Gasteiger partial charge is 0.478 e.